The number of aromatic nitrogens is 1. The van der Waals surface area contributed by atoms with Crippen LogP contribution in [0.15, 0.2) is 12.1 Å². The molecule has 0 aliphatic rings. The topological polar surface area (TPSA) is 74.5 Å². The fourth-order valence-corrected chi connectivity index (χ4v) is 1.92. The van der Waals surface area contributed by atoms with Gasteiger partial charge in [0.25, 0.3) is 5.69 Å². The molecule has 0 aliphatic heterocycles. The number of nitrogens with zero attached hydrogens (tertiary/aromatic N) is 2. The van der Waals surface area contributed by atoms with Crippen LogP contribution in [0.3, 0.4) is 0 Å². The van der Waals surface area contributed by atoms with Crippen molar-refractivity contribution >= 4 is 21.6 Å². The summed E-state index contributed by atoms with van der Waals surface area (Å²) >= 11 is 3.38. The molecule has 0 aliphatic carbocycles. The van der Waals surface area contributed by atoms with Crippen LogP contribution in [-0.2, 0) is 11.2 Å². The van der Waals surface area contributed by atoms with Gasteiger partial charge in [-0.25, -0.2) is 4.98 Å². The molecule has 1 rings (SSSR count). The SMILES string of the molecule is COCC(Br)Cc1nc(OC)ccc1[N+](=O)[O-]. The Kier molecular flexibility index (Phi) is 5.30. The van der Waals surface area contributed by atoms with Crippen molar-refractivity contribution in [1.29, 1.82) is 0 Å². The van der Waals surface area contributed by atoms with Crippen molar-refractivity contribution in [2.45, 2.75) is 11.2 Å². The van der Waals surface area contributed by atoms with Gasteiger partial charge in [-0.3, -0.25) is 10.1 Å². The maximum atomic E-state index is 10.8. The van der Waals surface area contributed by atoms with Crippen LogP contribution in [0.25, 0.3) is 0 Å². The van der Waals surface area contributed by atoms with Crippen molar-refractivity contribution in [2.24, 2.45) is 0 Å². The first-order chi connectivity index (χ1) is 8.08. The number of nitro groups is 1. The molecule has 0 fully saturated rings. The second kappa shape index (κ2) is 6.51. The third kappa shape index (κ3) is 3.94. The zero-order valence-electron chi connectivity index (χ0n) is 9.55. The van der Waals surface area contributed by atoms with Gasteiger partial charge in [-0.1, -0.05) is 15.9 Å². The monoisotopic (exact) mass is 304 g/mol. The number of alkyl halides is 1. The van der Waals surface area contributed by atoms with Crippen molar-refractivity contribution in [3.8, 4) is 5.88 Å². The van der Waals surface area contributed by atoms with Crippen molar-refractivity contribution in [3.63, 3.8) is 0 Å². The quantitative estimate of drug-likeness (QED) is 0.456. The molecule has 0 spiro atoms. The van der Waals surface area contributed by atoms with E-state index >= 15 is 0 Å². The Morgan fingerprint density at radius 1 is 1.53 bits per heavy atom. The summed E-state index contributed by atoms with van der Waals surface area (Å²) in [6.45, 7) is 0.454. The van der Waals surface area contributed by atoms with E-state index in [1.807, 2.05) is 0 Å². The van der Waals surface area contributed by atoms with Gasteiger partial charge in [0.15, 0.2) is 0 Å². The predicted octanol–water partition coefficient (Wildman–Crippen LogP) is 1.95. The van der Waals surface area contributed by atoms with Crippen LogP contribution in [0, 0.1) is 10.1 Å². The smallest absolute Gasteiger partial charge is 0.291 e. The van der Waals surface area contributed by atoms with Crippen LogP contribution < -0.4 is 4.74 Å². The first-order valence-corrected chi connectivity index (χ1v) is 5.81. The summed E-state index contributed by atoms with van der Waals surface area (Å²) in [7, 11) is 3.04. The van der Waals surface area contributed by atoms with Gasteiger partial charge >= 0.3 is 0 Å². The zero-order chi connectivity index (χ0) is 12.8. The Hall–Kier alpha value is -1.21. The van der Waals surface area contributed by atoms with E-state index in [9.17, 15) is 10.1 Å². The summed E-state index contributed by atoms with van der Waals surface area (Å²) in [5.41, 5.74) is 0.375. The molecule has 1 aromatic rings. The minimum atomic E-state index is -0.450. The van der Waals surface area contributed by atoms with E-state index in [4.69, 9.17) is 9.47 Å². The molecule has 94 valence electrons. The summed E-state index contributed by atoms with van der Waals surface area (Å²) in [4.78, 5) is 14.5. The van der Waals surface area contributed by atoms with Gasteiger partial charge in [0.2, 0.25) is 5.88 Å². The van der Waals surface area contributed by atoms with Gasteiger partial charge in [0, 0.05) is 30.5 Å². The van der Waals surface area contributed by atoms with E-state index in [0.29, 0.717) is 24.6 Å². The summed E-state index contributed by atoms with van der Waals surface area (Å²) in [5, 5.41) is 10.8. The van der Waals surface area contributed by atoms with E-state index < -0.39 is 4.92 Å². The largest absolute Gasteiger partial charge is 0.481 e. The number of pyridine rings is 1. The fraction of sp³-hybridized carbons (Fsp3) is 0.500. The number of hydrogen-bond donors (Lipinski definition) is 0. The van der Waals surface area contributed by atoms with Gasteiger partial charge in [-0.2, -0.15) is 0 Å². The lowest BCUT2D eigenvalue weighted by Gasteiger charge is -2.09. The second-order valence-electron chi connectivity index (χ2n) is 3.33. The molecule has 1 aromatic heterocycles. The molecule has 0 aromatic carbocycles. The molecular weight excluding hydrogens is 292 g/mol. The highest BCUT2D eigenvalue weighted by molar-refractivity contribution is 9.09. The second-order valence-corrected chi connectivity index (χ2v) is 4.63. The standard InChI is InChI=1S/C10H13BrN2O4/c1-16-6-7(11)5-8-9(13(14)15)3-4-10(12-8)17-2/h3-4,7H,5-6H2,1-2H3. The van der Waals surface area contributed by atoms with Crippen LogP contribution in [0.2, 0.25) is 0 Å². The molecule has 0 saturated heterocycles. The van der Waals surface area contributed by atoms with Gasteiger partial charge in [0.05, 0.1) is 18.6 Å². The molecule has 17 heavy (non-hydrogen) atoms. The average molecular weight is 305 g/mol. The Morgan fingerprint density at radius 2 is 2.24 bits per heavy atom. The Bertz CT molecular complexity index is 400. The molecule has 0 radical (unpaired) electrons. The highest BCUT2D eigenvalue weighted by atomic mass is 79.9. The number of rotatable bonds is 6. The zero-order valence-corrected chi connectivity index (χ0v) is 11.1. The van der Waals surface area contributed by atoms with E-state index in [1.54, 1.807) is 7.11 Å². The van der Waals surface area contributed by atoms with Crippen molar-refractivity contribution in [1.82, 2.24) is 4.98 Å². The van der Waals surface area contributed by atoms with Gasteiger partial charge < -0.3 is 9.47 Å². The molecular formula is C10H13BrN2O4. The highest BCUT2D eigenvalue weighted by Crippen LogP contribution is 2.23. The van der Waals surface area contributed by atoms with Crippen LogP contribution in [0.4, 0.5) is 5.69 Å². The van der Waals surface area contributed by atoms with Crippen LogP contribution in [-0.4, -0.2) is 35.6 Å². The van der Waals surface area contributed by atoms with E-state index in [1.165, 1.54) is 19.2 Å². The number of halogens is 1. The van der Waals surface area contributed by atoms with Crippen molar-refractivity contribution < 1.29 is 14.4 Å². The molecule has 7 heteroatoms. The molecule has 6 nitrogen and oxygen atoms in total. The van der Waals surface area contributed by atoms with Gasteiger partial charge in [-0.15, -0.1) is 0 Å². The fourth-order valence-electron chi connectivity index (χ4n) is 1.35. The lowest BCUT2D eigenvalue weighted by atomic mass is 10.2. The van der Waals surface area contributed by atoms with Gasteiger partial charge in [-0.05, 0) is 0 Å². The van der Waals surface area contributed by atoms with Gasteiger partial charge in [0.1, 0.15) is 5.69 Å². The Balaban J connectivity index is 2.96. The van der Waals surface area contributed by atoms with Crippen molar-refractivity contribution in [3.05, 3.63) is 27.9 Å². The van der Waals surface area contributed by atoms with Crippen molar-refractivity contribution in [2.75, 3.05) is 20.8 Å². The Labute approximate surface area is 107 Å². The van der Waals surface area contributed by atoms with Crippen LogP contribution in [0.5, 0.6) is 5.88 Å². The first-order valence-electron chi connectivity index (χ1n) is 4.89. The highest BCUT2D eigenvalue weighted by Gasteiger charge is 2.19. The average Bonchev–Trinajstić information content (AvgIpc) is 2.28. The Morgan fingerprint density at radius 3 is 2.76 bits per heavy atom. The predicted molar refractivity (Wildman–Crippen MR) is 65.7 cm³/mol. The van der Waals surface area contributed by atoms with Crippen LogP contribution >= 0.6 is 15.9 Å². The molecule has 1 unspecified atom stereocenters. The van der Waals surface area contributed by atoms with E-state index in [2.05, 4.69) is 20.9 Å². The molecule has 0 amide bonds. The maximum absolute atomic E-state index is 10.8. The molecule has 0 saturated carbocycles. The minimum Gasteiger partial charge on any atom is -0.481 e. The minimum absolute atomic E-state index is 0.00801. The third-order valence-corrected chi connectivity index (χ3v) is 2.68. The summed E-state index contributed by atoms with van der Waals surface area (Å²) in [6.07, 6.45) is 0.404. The maximum Gasteiger partial charge on any atom is 0.291 e. The van der Waals surface area contributed by atoms with E-state index in [0.717, 1.165) is 0 Å². The first kappa shape index (κ1) is 13.9. The number of ether oxygens (including phenoxy) is 2. The summed E-state index contributed by atoms with van der Waals surface area (Å²) in [6, 6.07) is 2.87. The molecule has 1 heterocycles. The molecule has 0 bridgehead atoms. The molecule has 0 N–H and O–H groups in total. The third-order valence-electron chi connectivity index (χ3n) is 2.09. The number of hydrogen-bond acceptors (Lipinski definition) is 5. The van der Waals surface area contributed by atoms with E-state index in [-0.39, 0.29) is 10.5 Å². The number of methoxy groups -OCH3 is 2. The lowest BCUT2D eigenvalue weighted by Crippen LogP contribution is -2.12. The lowest BCUT2D eigenvalue weighted by molar-refractivity contribution is -0.386. The normalized spacial score (nSPS) is 12.2. The van der Waals surface area contributed by atoms with Crippen LogP contribution in [0.1, 0.15) is 5.69 Å². The summed E-state index contributed by atoms with van der Waals surface area (Å²) in [5.74, 6) is 0.364. The summed E-state index contributed by atoms with van der Waals surface area (Å²) < 4.78 is 9.91. The molecule has 1 atom stereocenters.